The Morgan fingerprint density at radius 3 is 2.50 bits per heavy atom. The van der Waals surface area contributed by atoms with Gasteiger partial charge < -0.3 is 9.64 Å². The lowest BCUT2D eigenvalue weighted by molar-refractivity contribution is -0.136. The van der Waals surface area contributed by atoms with Gasteiger partial charge in [-0.25, -0.2) is 8.42 Å². The fourth-order valence-electron chi connectivity index (χ4n) is 3.99. The largest absolute Gasteiger partial charge is 0.371 e. The standard InChI is InChI=1S/C17H22N2O4S/c20-17(18-8-4-5-9-18)15-10-13-11-19(12-16(15)23-13)24(21,22)14-6-2-1-3-7-14/h1-3,6-7,13,15-16H,4-5,8-12H2/t13-,15+,16-/m0/s1. The van der Waals surface area contributed by atoms with E-state index in [-0.39, 0.29) is 30.6 Å². The molecule has 3 atom stereocenters. The first-order chi connectivity index (χ1) is 11.6. The van der Waals surface area contributed by atoms with Crippen molar-refractivity contribution in [1.29, 1.82) is 0 Å². The summed E-state index contributed by atoms with van der Waals surface area (Å²) in [7, 11) is -3.53. The molecule has 3 aliphatic heterocycles. The number of likely N-dealkylation sites (tertiary alicyclic amines) is 1. The van der Waals surface area contributed by atoms with Crippen LogP contribution in [0.3, 0.4) is 0 Å². The summed E-state index contributed by atoms with van der Waals surface area (Å²) in [4.78, 5) is 14.9. The van der Waals surface area contributed by atoms with Crippen molar-refractivity contribution in [1.82, 2.24) is 9.21 Å². The minimum atomic E-state index is -3.53. The number of sulfonamides is 1. The van der Waals surface area contributed by atoms with Gasteiger partial charge in [-0.2, -0.15) is 4.31 Å². The first-order valence-corrected chi connectivity index (χ1v) is 9.99. The van der Waals surface area contributed by atoms with E-state index >= 15 is 0 Å². The fourth-order valence-corrected chi connectivity index (χ4v) is 5.50. The van der Waals surface area contributed by atoms with E-state index in [9.17, 15) is 13.2 Å². The Hall–Kier alpha value is -1.44. The number of hydrogen-bond acceptors (Lipinski definition) is 4. The molecule has 1 aromatic rings. The molecule has 130 valence electrons. The number of carbonyl (C=O) groups excluding carboxylic acids is 1. The second-order valence-electron chi connectivity index (χ2n) is 6.81. The van der Waals surface area contributed by atoms with Gasteiger partial charge in [0.1, 0.15) is 0 Å². The van der Waals surface area contributed by atoms with E-state index in [2.05, 4.69) is 0 Å². The fraction of sp³-hybridized carbons (Fsp3) is 0.588. The zero-order valence-electron chi connectivity index (χ0n) is 13.5. The molecule has 0 aromatic heterocycles. The molecule has 24 heavy (non-hydrogen) atoms. The summed E-state index contributed by atoms with van der Waals surface area (Å²) in [5.41, 5.74) is 0. The van der Waals surface area contributed by atoms with Gasteiger partial charge in [0.15, 0.2) is 0 Å². The van der Waals surface area contributed by atoms with E-state index in [0.717, 1.165) is 25.9 Å². The summed E-state index contributed by atoms with van der Waals surface area (Å²) >= 11 is 0. The molecule has 3 aliphatic rings. The van der Waals surface area contributed by atoms with Crippen LogP contribution in [0.5, 0.6) is 0 Å². The van der Waals surface area contributed by atoms with Crippen LogP contribution in [0.15, 0.2) is 35.2 Å². The van der Waals surface area contributed by atoms with Crippen LogP contribution in [0.1, 0.15) is 19.3 Å². The van der Waals surface area contributed by atoms with Crippen molar-refractivity contribution in [3.63, 3.8) is 0 Å². The molecule has 1 aromatic carbocycles. The maximum absolute atomic E-state index is 12.8. The summed E-state index contributed by atoms with van der Waals surface area (Å²) in [6.45, 7) is 2.23. The van der Waals surface area contributed by atoms with Crippen molar-refractivity contribution in [2.24, 2.45) is 5.92 Å². The molecule has 3 saturated heterocycles. The number of hydrogen-bond donors (Lipinski definition) is 0. The van der Waals surface area contributed by atoms with Crippen molar-refractivity contribution in [2.45, 2.75) is 36.4 Å². The zero-order valence-corrected chi connectivity index (χ0v) is 14.3. The van der Waals surface area contributed by atoms with E-state index in [4.69, 9.17) is 4.74 Å². The van der Waals surface area contributed by atoms with Crippen molar-refractivity contribution >= 4 is 15.9 Å². The lowest BCUT2D eigenvalue weighted by atomic mass is 9.99. The average molecular weight is 350 g/mol. The van der Waals surface area contributed by atoms with Crippen molar-refractivity contribution in [2.75, 3.05) is 26.2 Å². The van der Waals surface area contributed by atoms with Crippen molar-refractivity contribution < 1.29 is 17.9 Å². The van der Waals surface area contributed by atoms with Crippen molar-refractivity contribution in [3.8, 4) is 0 Å². The third kappa shape index (κ3) is 2.74. The molecule has 3 fully saturated rings. The minimum Gasteiger partial charge on any atom is -0.371 e. The summed E-state index contributed by atoms with van der Waals surface area (Å²) in [6.07, 6.45) is 2.24. The molecule has 0 unspecified atom stereocenters. The third-order valence-electron chi connectivity index (χ3n) is 5.24. The molecule has 0 aliphatic carbocycles. The number of benzene rings is 1. The number of carbonyl (C=O) groups is 1. The summed E-state index contributed by atoms with van der Waals surface area (Å²) in [5, 5.41) is 0. The van der Waals surface area contributed by atoms with Crippen LogP contribution in [0.25, 0.3) is 0 Å². The number of rotatable bonds is 3. The molecule has 1 amide bonds. The molecule has 6 nitrogen and oxygen atoms in total. The molecule has 0 spiro atoms. The van der Waals surface area contributed by atoms with E-state index in [1.165, 1.54) is 4.31 Å². The Kier molecular flexibility index (Phi) is 4.10. The first-order valence-electron chi connectivity index (χ1n) is 8.55. The first kappa shape index (κ1) is 16.1. The van der Waals surface area contributed by atoms with Gasteiger partial charge in [0, 0.05) is 26.2 Å². The van der Waals surface area contributed by atoms with Gasteiger partial charge in [-0.05, 0) is 31.4 Å². The zero-order chi connectivity index (χ0) is 16.7. The topological polar surface area (TPSA) is 66.9 Å². The Morgan fingerprint density at radius 2 is 1.79 bits per heavy atom. The van der Waals surface area contributed by atoms with Crippen molar-refractivity contribution in [3.05, 3.63) is 30.3 Å². The highest BCUT2D eigenvalue weighted by Gasteiger charge is 2.48. The lowest BCUT2D eigenvalue weighted by Crippen LogP contribution is -2.48. The SMILES string of the molecule is O=C([C@@H]1C[C@H]2CN(S(=O)(=O)c3ccccc3)C[C@@H]1O2)N1CCCC1. The van der Waals surface area contributed by atoms with E-state index in [1.54, 1.807) is 30.3 Å². The Labute approximate surface area is 142 Å². The predicted molar refractivity (Wildman–Crippen MR) is 87.8 cm³/mol. The van der Waals surface area contributed by atoms with Gasteiger partial charge in [-0.15, -0.1) is 0 Å². The van der Waals surface area contributed by atoms with Crippen LogP contribution in [-0.2, 0) is 19.6 Å². The molecule has 0 N–H and O–H groups in total. The Bertz CT molecular complexity index is 715. The summed E-state index contributed by atoms with van der Waals surface area (Å²) < 4.78 is 33.0. The van der Waals surface area contributed by atoms with Crippen LogP contribution in [0, 0.1) is 5.92 Å². The molecule has 3 heterocycles. The monoisotopic (exact) mass is 350 g/mol. The molecular weight excluding hydrogens is 328 g/mol. The highest BCUT2D eigenvalue weighted by atomic mass is 32.2. The quantitative estimate of drug-likeness (QED) is 0.818. The van der Waals surface area contributed by atoms with E-state index in [0.29, 0.717) is 17.9 Å². The van der Waals surface area contributed by atoms with E-state index in [1.807, 2.05) is 4.90 Å². The molecule has 7 heteroatoms. The number of fused-ring (bicyclic) bond motifs is 2. The van der Waals surface area contributed by atoms with Crippen LogP contribution in [-0.4, -0.2) is 61.9 Å². The average Bonchev–Trinajstić information content (AvgIpc) is 3.23. The molecule has 4 rings (SSSR count). The normalized spacial score (nSPS) is 30.7. The van der Waals surface area contributed by atoms with Gasteiger partial charge in [0.2, 0.25) is 15.9 Å². The Balaban J connectivity index is 1.52. The van der Waals surface area contributed by atoms with Crippen LogP contribution >= 0.6 is 0 Å². The van der Waals surface area contributed by atoms with E-state index < -0.39 is 10.0 Å². The Morgan fingerprint density at radius 1 is 1.08 bits per heavy atom. The smallest absolute Gasteiger partial charge is 0.243 e. The number of nitrogens with zero attached hydrogens (tertiary/aromatic N) is 2. The van der Waals surface area contributed by atoms with Crippen LogP contribution < -0.4 is 0 Å². The highest BCUT2D eigenvalue weighted by Crippen LogP contribution is 2.35. The second-order valence-corrected chi connectivity index (χ2v) is 8.74. The third-order valence-corrected chi connectivity index (χ3v) is 7.09. The number of amides is 1. The molecule has 2 bridgehead atoms. The van der Waals surface area contributed by atoms with Crippen LogP contribution in [0.2, 0.25) is 0 Å². The van der Waals surface area contributed by atoms with Gasteiger partial charge in [0.25, 0.3) is 0 Å². The molecular formula is C17H22N2O4S. The van der Waals surface area contributed by atoms with Crippen LogP contribution in [0.4, 0.5) is 0 Å². The lowest BCUT2D eigenvalue weighted by Gasteiger charge is -2.32. The molecule has 0 radical (unpaired) electrons. The minimum absolute atomic E-state index is 0.138. The maximum Gasteiger partial charge on any atom is 0.243 e. The second kappa shape index (κ2) is 6.13. The molecule has 0 saturated carbocycles. The highest BCUT2D eigenvalue weighted by molar-refractivity contribution is 7.89. The summed E-state index contributed by atoms with van der Waals surface area (Å²) in [5.74, 6) is -0.0666. The predicted octanol–water partition coefficient (Wildman–Crippen LogP) is 1.09. The van der Waals surface area contributed by atoms with Gasteiger partial charge in [-0.3, -0.25) is 4.79 Å². The van der Waals surface area contributed by atoms with Gasteiger partial charge >= 0.3 is 0 Å². The van der Waals surface area contributed by atoms with Gasteiger partial charge in [-0.1, -0.05) is 18.2 Å². The summed E-state index contributed by atoms with van der Waals surface area (Å²) in [6, 6.07) is 8.47. The van der Waals surface area contributed by atoms with Gasteiger partial charge in [0.05, 0.1) is 23.0 Å². The maximum atomic E-state index is 12.8. The number of ether oxygens (including phenoxy) is 1. The number of morpholine rings is 1.